The average molecular weight is 242 g/mol. The Morgan fingerprint density at radius 2 is 2.06 bits per heavy atom. The number of nitrogens with one attached hydrogen (secondary N) is 1. The summed E-state index contributed by atoms with van der Waals surface area (Å²) < 4.78 is 0. The Morgan fingerprint density at radius 3 is 2.78 bits per heavy atom. The number of nitrogens with two attached hydrogens (primary N) is 1. The Labute approximate surface area is 109 Å². The first kappa shape index (κ1) is 11.8. The lowest BCUT2D eigenvalue weighted by Crippen LogP contribution is -2.16. The smallest absolute Gasteiger partial charge is 0.0459 e. The fourth-order valence-corrected chi connectivity index (χ4v) is 3.00. The van der Waals surface area contributed by atoms with Crippen molar-refractivity contribution in [3.8, 4) is 0 Å². The first-order valence-corrected chi connectivity index (χ1v) is 6.87. The summed E-state index contributed by atoms with van der Waals surface area (Å²) in [7, 11) is 0. The van der Waals surface area contributed by atoms with Gasteiger partial charge in [-0.05, 0) is 47.9 Å². The Morgan fingerprint density at radius 1 is 1.28 bits per heavy atom. The minimum absolute atomic E-state index is 0.192. The summed E-state index contributed by atoms with van der Waals surface area (Å²) in [6.45, 7) is 6.77. The molecule has 0 fully saturated rings. The highest BCUT2D eigenvalue weighted by Gasteiger charge is 2.23. The number of hydrogen-bond acceptors (Lipinski definition) is 1. The predicted octanol–water partition coefficient (Wildman–Crippen LogP) is 3.80. The minimum atomic E-state index is 0.192. The number of aromatic nitrogens is 1. The molecule has 0 aliphatic heterocycles. The molecule has 18 heavy (non-hydrogen) atoms. The topological polar surface area (TPSA) is 41.8 Å². The molecule has 0 amide bonds. The Hall–Kier alpha value is -1.28. The maximum absolute atomic E-state index is 6.30. The molecule has 1 heterocycles. The van der Waals surface area contributed by atoms with Gasteiger partial charge in [-0.2, -0.15) is 0 Å². The van der Waals surface area contributed by atoms with Gasteiger partial charge in [-0.3, -0.25) is 0 Å². The summed E-state index contributed by atoms with van der Waals surface area (Å²) >= 11 is 0. The fraction of sp³-hybridized carbons (Fsp3) is 0.500. The van der Waals surface area contributed by atoms with Crippen molar-refractivity contribution in [3.63, 3.8) is 0 Å². The van der Waals surface area contributed by atoms with Crippen molar-refractivity contribution in [1.29, 1.82) is 0 Å². The molecule has 2 heteroatoms. The molecule has 1 aliphatic carbocycles. The van der Waals surface area contributed by atoms with Crippen LogP contribution in [0, 0.1) is 0 Å². The number of H-pyrrole nitrogens is 1. The number of rotatable bonds is 0. The first-order valence-electron chi connectivity index (χ1n) is 6.87. The van der Waals surface area contributed by atoms with Crippen LogP contribution in [0.4, 0.5) is 0 Å². The van der Waals surface area contributed by atoms with E-state index in [-0.39, 0.29) is 11.5 Å². The third-order valence-corrected chi connectivity index (χ3v) is 4.10. The highest BCUT2D eigenvalue weighted by molar-refractivity contribution is 5.86. The largest absolute Gasteiger partial charge is 0.358 e. The van der Waals surface area contributed by atoms with Gasteiger partial charge in [0, 0.05) is 22.6 Å². The second-order valence-electron chi connectivity index (χ2n) is 6.53. The van der Waals surface area contributed by atoms with Gasteiger partial charge >= 0.3 is 0 Å². The quantitative estimate of drug-likeness (QED) is 0.725. The highest BCUT2D eigenvalue weighted by atomic mass is 14.8. The normalized spacial score (nSPS) is 20.1. The van der Waals surface area contributed by atoms with Crippen LogP contribution in [0.5, 0.6) is 0 Å². The van der Waals surface area contributed by atoms with Crippen LogP contribution in [-0.2, 0) is 11.8 Å². The summed E-state index contributed by atoms with van der Waals surface area (Å²) in [4.78, 5) is 3.55. The van der Waals surface area contributed by atoms with Crippen LogP contribution in [0.1, 0.15) is 56.5 Å². The zero-order chi connectivity index (χ0) is 12.9. The number of aromatic amines is 1. The van der Waals surface area contributed by atoms with E-state index in [9.17, 15) is 0 Å². The van der Waals surface area contributed by atoms with E-state index in [1.165, 1.54) is 34.1 Å². The van der Waals surface area contributed by atoms with E-state index in [1.807, 2.05) is 0 Å². The molecule has 0 saturated carbocycles. The third kappa shape index (κ3) is 1.76. The zero-order valence-corrected chi connectivity index (χ0v) is 11.5. The summed E-state index contributed by atoms with van der Waals surface area (Å²) in [6, 6.07) is 6.98. The lowest BCUT2D eigenvalue weighted by Gasteiger charge is -2.21. The van der Waals surface area contributed by atoms with Gasteiger partial charge in [-0.1, -0.05) is 26.8 Å². The molecule has 1 unspecified atom stereocenters. The van der Waals surface area contributed by atoms with Crippen molar-refractivity contribution in [2.45, 2.75) is 51.5 Å². The van der Waals surface area contributed by atoms with Gasteiger partial charge in [-0.15, -0.1) is 0 Å². The number of aryl methyl sites for hydroxylation is 1. The molecule has 3 rings (SSSR count). The van der Waals surface area contributed by atoms with Crippen molar-refractivity contribution in [3.05, 3.63) is 35.0 Å². The van der Waals surface area contributed by atoms with Gasteiger partial charge < -0.3 is 10.7 Å². The van der Waals surface area contributed by atoms with Gasteiger partial charge in [0.05, 0.1) is 0 Å². The van der Waals surface area contributed by atoms with Crippen molar-refractivity contribution in [2.75, 3.05) is 0 Å². The van der Waals surface area contributed by atoms with Gasteiger partial charge in [0.2, 0.25) is 0 Å². The van der Waals surface area contributed by atoms with E-state index in [4.69, 9.17) is 5.73 Å². The molecule has 96 valence electrons. The van der Waals surface area contributed by atoms with E-state index >= 15 is 0 Å². The third-order valence-electron chi connectivity index (χ3n) is 4.10. The lowest BCUT2D eigenvalue weighted by molar-refractivity contribution is 0.569. The average Bonchev–Trinajstić information content (AvgIpc) is 2.66. The molecule has 1 aliphatic rings. The van der Waals surface area contributed by atoms with Crippen LogP contribution in [0.15, 0.2) is 18.2 Å². The van der Waals surface area contributed by atoms with Crippen LogP contribution in [0.2, 0.25) is 0 Å². The second kappa shape index (κ2) is 3.86. The molecule has 0 saturated heterocycles. The van der Waals surface area contributed by atoms with Crippen molar-refractivity contribution >= 4 is 10.9 Å². The first-order chi connectivity index (χ1) is 8.47. The van der Waals surface area contributed by atoms with Crippen LogP contribution >= 0.6 is 0 Å². The fourth-order valence-electron chi connectivity index (χ4n) is 3.00. The van der Waals surface area contributed by atoms with Gasteiger partial charge in [0.1, 0.15) is 0 Å². The van der Waals surface area contributed by atoms with E-state index in [2.05, 4.69) is 44.0 Å². The van der Waals surface area contributed by atoms with E-state index < -0.39 is 0 Å². The predicted molar refractivity (Wildman–Crippen MR) is 76.9 cm³/mol. The van der Waals surface area contributed by atoms with Gasteiger partial charge in [0.25, 0.3) is 0 Å². The van der Waals surface area contributed by atoms with Crippen LogP contribution in [0.25, 0.3) is 10.9 Å². The summed E-state index contributed by atoms with van der Waals surface area (Å²) in [5.41, 5.74) is 11.8. The molecule has 3 N–H and O–H groups in total. The van der Waals surface area contributed by atoms with E-state index in [1.54, 1.807) is 0 Å². The highest BCUT2D eigenvalue weighted by Crippen LogP contribution is 2.36. The molecule has 0 spiro atoms. The molecule has 1 aromatic heterocycles. The molecular formula is C16H22N2. The Kier molecular flexibility index (Phi) is 2.53. The van der Waals surface area contributed by atoms with Crippen LogP contribution < -0.4 is 5.73 Å². The molecule has 1 atom stereocenters. The standard InChI is InChI=1S/C16H22N2/c1-16(2,3)10-7-8-13-11(9-10)15-12(17)5-4-6-14(15)18-13/h7-9,12,18H,4-6,17H2,1-3H3. The Balaban J connectivity index is 2.24. The SMILES string of the molecule is CC(C)(C)c1ccc2[nH]c3c(c2c1)C(N)CCC3. The lowest BCUT2D eigenvalue weighted by atomic mass is 9.85. The Bertz CT molecular complexity index is 587. The molecule has 2 aromatic rings. The minimum Gasteiger partial charge on any atom is -0.358 e. The van der Waals surface area contributed by atoms with Gasteiger partial charge in [-0.25, -0.2) is 0 Å². The zero-order valence-electron chi connectivity index (χ0n) is 11.5. The number of fused-ring (bicyclic) bond motifs is 3. The maximum Gasteiger partial charge on any atom is 0.0459 e. The van der Waals surface area contributed by atoms with Gasteiger partial charge in [0.15, 0.2) is 0 Å². The number of hydrogen-bond donors (Lipinski definition) is 2. The van der Waals surface area contributed by atoms with Crippen LogP contribution in [-0.4, -0.2) is 4.98 Å². The molecule has 1 aromatic carbocycles. The summed E-state index contributed by atoms with van der Waals surface area (Å²) in [6.07, 6.45) is 3.45. The maximum atomic E-state index is 6.30. The van der Waals surface area contributed by atoms with Crippen LogP contribution in [0.3, 0.4) is 0 Å². The van der Waals surface area contributed by atoms with E-state index in [0.717, 1.165) is 12.8 Å². The summed E-state index contributed by atoms with van der Waals surface area (Å²) in [5.74, 6) is 0. The molecule has 0 radical (unpaired) electrons. The van der Waals surface area contributed by atoms with E-state index in [0.29, 0.717) is 0 Å². The van der Waals surface area contributed by atoms with Crippen molar-refractivity contribution < 1.29 is 0 Å². The molecule has 2 nitrogen and oxygen atoms in total. The molecule has 0 bridgehead atoms. The van der Waals surface area contributed by atoms with Crippen molar-refractivity contribution in [2.24, 2.45) is 5.73 Å². The molecular weight excluding hydrogens is 220 g/mol. The number of benzene rings is 1. The monoisotopic (exact) mass is 242 g/mol. The summed E-state index contributed by atoms with van der Waals surface area (Å²) in [5, 5.41) is 1.34. The van der Waals surface area contributed by atoms with Crippen molar-refractivity contribution in [1.82, 2.24) is 4.98 Å². The second-order valence-corrected chi connectivity index (χ2v) is 6.53.